The van der Waals surface area contributed by atoms with Crippen molar-refractivity contribution >= 4 is 0 Å². The number of benzene rings is 4. The van der Waals surface area contributed by atoms with Crippen molar-refractivity contribution < 1.29 is 0 Å². The van der Waals surface area contributed by atoms with Crippen molar-refractivity contribution in [2.75, 3.05) is 0 Å². The van der Waals surface area contributed by atoms with Crippen LogP contribution in [0.3, 0.4) is 0 Å². The Hall–Kier alpha value is -4.96. The van der Waals surface area contributed by atoms with Gasteiger partial charge in [0.05, 0.1) is 5.69 Å². The summed E-state index contributed by atoms with van der Waals surface area (Å²) in [4.78, 5) is 19.1. The van der Waals surface area contributed by atoms with Gasteiger partial charge in [0, 0.05) is 28.5 Å². The number of hydrogen-bond donors (Lipinski definition) is 0. The van der Waals surface area contributed by atoms with Crippen molar-refractivity contribution in [2.45, 2.75) is 13.8 Å². The van der Waals surface area contributed by atoms with E-state index in [0.29, 0.717) is 17.5 Å². The van der Waals surface area contributed by atoms with E-state index < -0.39 is 0 Å². The fraction of sp³-hybridized carbons (Fsp3) is 0.0588. The molecule has 2 aromatic heterocycles. The molecule has 0 aliphatic heterocycles. The Morgan fingerprint density at radius 3 is 1.34 bits per heavy atom. The Morgan fingerprint density at radius 2 is 0.868 bits per heavy atom. The first-order valence-electron chi connectivity index (χ1n) is 12.6. The molecule has 0 saturated heterocycles. The third-order valence-corrected chi connectivity index (χ3v) is 6.51. The van der Waals surface area contributed by atoms with Crippen LogP contribution >= 0.6 is 0 Å². The molecular formula is C34H26N4. The summed E-state index contributed by atoms with van der Waals surface area (Å²) in [5.41, 5.74) is 9.59. The van der Waals surface area contributed by atoms with Crippen LogP contribution in [0.15, 0.2) is 121 Å². The van der Waals surface area contributed by atoms with E-state index in [2.05, 4.69) is 91.6 Å². The molecule has 0 unspecified atom stereocenters. The molecule has 0 fully saturated rings. The highest BCUT2D eigenvalue weighted by atomic mass is 15.0. The fourth-order valence-electron chi connectivity index (χ4n) is 4.51. The molecule has 38 heavy (non-hydrogen) atoms. The van der Waals surface area contributed by atoms with Gasteiger partial charge in [0.1, 0.15) is 0 Å². The van der Waals surface area contributed by atoms with Crippen LogP contribution in [0.5, 0.6) is 0 Å². The second-order valence-corrected chi connectivity index (χ2v) is 9.41. The van der Waals surface area contributed by atoms with E-state index in [0.717, 1.165) is 39.1 Å². The number of nitrogens with zero attached hydrogens (tertiary/aromatic N) is 4. The summed E-state index contributed by atoms with van der Waals surface area (Å²) in [6.07, 6.45) is 1.82. The van der Waals surface area contributed by atoms with Crippen LogP contribution in [-0.4, -0.2) is 19.9 Å². The first kappa shape index (κ1) is 23.4. The van der Waals surface area contributed by atoms with E-state index in [1.165, 1.54) is 11.1 Å². The van der Waals surface area contributed by atoms with Gasteiger partial charge in [0.25, 0.3) is 0 Å². The molecule has 4 heteroatoms. The average Bonchev–Trinajstić information content (AvgIpc) is 2.98. The molecule has 0 atom stereocenters. The first-order chi connectivity index (χ1) is 18.6. The van der Waals surface area contributed by atoms with Crippen molar-refractivity contribution in [1.29, 1.82) is 0 Å². The van der Waals surface area contributed by atoms with Crippen LogP contribution in [0.25, 0.3) is 56.5 Å². The van der Waals surface area contributed by atoms with Gasteiger partial charge in [-0.25, -0.2) is 15.0 Å². The molecule has 0 bridgehead atoms. The summed E-state index contributed by atoms with van der Waals surface area (Å²) in [5.74, 6) is 2.00. The number of pyridine rings is 1. The van der Waals surface area contributed by atoms with Crippen LogP contribution in [-0.2, 0) is 0 Å². The molecule has 6 aromatic rings. The summed E-state index contributed by atoms with van der Waals surface area (Å²) in [6, 6.07) is 39.4. The highest BCUT2D eigenvalue weighted by molar-refractivity contribution is 5.72. The van der Waals surface area contributed by atoms with Crippen LogP contribution < -0.4 is 0 Å². The zero-order chi connectivity index (χ0) is 25.9. The Morgan fingerprint density at radius 1 is 0.395 bits per heavy atom. The molecular weight excluding hydrogens is 464 g/mol. The Bertz CT molecular complexity index is 1640. The minimum atomic E-state index is 0.657. The molecule has 0 amide bonds. The maximum Gasteiger partial charge on any atom is 0.164 e. The van der Waals surface area contributed by atoms with Crippen LogP contribution in [0.1, 0.15) is 11.1 Å². The molecule has 0 N–H and O–H groups in total. The van der Waals surface area contributed by atoms with Crippen LogP contribution in [0.2, 0.25) is 0 Å². The Labute approximate surface area is 222 Å². The molecule has 0 saturated carbocycles. The Kier molecular flexibility index (Phi) is 6.29. The lowest BCUT2D eigenvalue weighted by atomic mass is 10.0. The monoisotopic (exact) mass is 490 g/mol. The van der Waals surface area contributed by atoms with E-state index in [1.54, 1.807) is 0 Å². The lowest BCUT2D eigenvalue weighted by Crippen LogP contribution is -2.00. The van der Waals surface area contributed by atoms with Crippen molar-refractivity contribution in [2.24, 2.45) is 0 Å². The molecule has 6 rings (SSSR count). The molecule has 4 nitrogen and oxygen atoms in total. The maximum atomic E-state index is 4.88. The molecule has 182 valence electrons. The Balaban J connectivity index is 1.37. The van der Waals surface area contributed by atoms with Gasteiger partial charge < -0.3 is 0 Å². The van der Waals surface area contributed by atoms with Gasteiger partial charge in [-0.3, -0.25) is 4.98 Å². The second kappa shape index (κ2) is 10.2. The van der Waals surface area contributed by atoms with Crippen LogP contribution in [0.4, 0.5) is 0 Å². The predicted molar refractivity (Wildman–Crippen MR) is 154 cm³/mol. The minimum absolute atomic E-state index is 0.657. The third kappa shape index (κ3) is 4.97. The standard InChI is InChI=1S/C34H26N4/c1-23-7-5-9-29(21-23)33-36-32(37-34(38-33)30-10-6-8-24(2)22-30)28-18-14-26(15-19-28)25-12-16-27(17-13-25)31-11-3-4-20-35-31/h3-22H,1-2H3. The first-order valence-corrected chi connectivity index (χ1v) is 12.6. The zero-order valence-electron chi connectivity index (χ0n) is 21.3. The van der Waals surface area contributed by atoms with E-state index >= 15 is 0 Å². The van der Waals surface area contributed by atoms with Crippen molar-refractivity contribution in [3.05, 3.63) is 133 Å². The van der Waals surface area contributed by atoms with Gasteiger partial charge in [0.15, 0.2) is 17.5 Å². The molecule has 0 spiro atoms. The molecule has 4 aromatic carbocycles. The highest BCUT2D eigenvalue weighted by Gasteiger charge is 2.13. The topological polar surface area (TPSA) is 51.6 Å². The van der Waals surface area contributed by atoms with E-state index in [-0.39, 0.29) is 0 Å². The molecule has 0 radical (unpaired) electrons. The predicted octanol–water partition coefficient (Wildman–Crippen LogP) is 8.22. The quantitative estimate of drug-likeness (QED) is 0.244. The van der Waals surface area contributed by atoms with Gasteiger partial charge in [-0.1, -0.05) is 102 Å². The molecule has 0 aliphatic rings. The lowest BCUT2D eigenvalue weighted by molar-refractivity contribution is 1.07. The van der Waals surface area contributed by atoms with Crippen LogP contribution in [0, 0.1) is 13.8 Å². The zero-order valence-corrected chi connectivity index (χ0v) is 21.3. The van der Waals surface area contributed by atoms with Gasteiger partial charge in [-0.15, -0.1) is 0 Å². The minimum Gasteiger partial charge on any atom is -0.256 e. The maximum absolute atomic E-state index is 4.88. The van der Waals surface area contributed by atoms with Gasteiger partial charge in [-0.05, 0) is 49.2 Å². The number of rotatable bonds is 5. The van der Waals surface area contributed by atoms with E-state index in [1.807, 2.05) is 48.7 Å². The lowest BCUT2D eigenvalue weighted by Gasteiger charge is -2.10. The summed E-state index contributed by atoms with van der Waals surface area (Å²) >= 11 is 0. The van der Waals surface area contributed by atoms with Gasteiger partial charge >= 0.3 is 0 Å². The molecule has 2 heterocycles. The second-order valence-electron chi connectivity index (χ2n) is 9.41. The number of aryl methyl sites for hydroxylation is 2. The largest absolute Gasteiger partial charge is 0.256 e. The summed E-state index contributed by atoms with van der Waals surface area (Å²) in [6.45, 7) is 4.16. The van der Waals surface area contributed by atoms with E-state index in [9.17, 15) is 0 Å². The smallest absolute Gasteiger partial charge is 0.164 e. The average molecular weight is 491 g/mol. The third-order valence-electron chi connectivity index (χ3n) is 6.51. The highest BCUT2D eigenvalue weighted by Crippen LogP contribution is 2.28. The van der Waals surface area contributed by atoms with Gasteiger partial charge in [0.2, 0.25) is 0 Å². The summed E-state index contributed by atoms with van der Waals surface area (Å²) < 4.78 is 0. The number of aromatic nitrogens is 4. The van der Waals surface area contributed by atoms with Crippen molar-refractivity contribution in [1.82, 2.24) is 19.9 Å². The summed E-state index contributed by atoms with van der Waals surface area (Å²) in [5, 5.41) is 0. The summed E-state index contributed by atoms with van der Waals surface area (Å²) in [7, 11) is 0. The van der Waals surface area contributed by atoms with E-state index in [4.69, 9.17) is 15.0 Å². The number of hydrogen-bond acceptors (Lipinski definition) is 4. The van der Waals surface area contributed by atoms with Crippen molar-refractivity contribution in [3.8, 4) is 56.5 Å². The van der Waals surface area contributed by atoms with Crippen molar-refractivity contribution in [3.63, 3.8) is 0 Å². The van der Waals surface area contributed by atoms with Gasteiger partial charge in [-0.2, -0.15) is 0 Å². The fourth-order valence-corrected chi connectivity index (χ4v) is 4.51. The normalized spacial score (nSPS) is 10.9. The molecule has 0 aliphatic carbocycles. The SMILES string of the molecule is Cc1cccc(-c2nc(-c3ccc(-c4ccc(-c5ccccn5)cc4)cc3)nc(-c3cccc(C)c3)n2)c1.